The predicted octanol–water partition coefficient (Wildman–Crippen LogP) is 7.31. The van der Waals surface area contributed by atoms with Gasteiger partial charge in [0.1, 0.15) is 17.3 Å². The molecule has 0 saturated heterocycles. The van der Waals surface area contributed by atoms with Crippen molar-refractivity contribution in [1.29, 1.82) is 0 Å². The Balaban J connectivity index is 0. The van der Waals surface area contributed by atoms with E-state index in [4.69, 9.17) is 184 Å². The molecule has 0 unspecified atom stereocenters. The second-order valence-corrected chi connectivity index (χ2v) is 24.7. The average Bonchev–Trinajstić information content (AvgIpc) is 0.869. The maximum Gasteiger partial charge on any atom is 0.300 e. The van der Waals surface area contributed by atoms with Crippen molar-refractivity contribution in [2.24, 2.45) is 167 Å². The number of pyridine rings is 2. The smallest absolute Gasteiger partial charge is 0.300 e. The predicted molar refractivity (Wildman–Crippen MR) is 496 cm³/mol. The zero-order valence-corrected chi connectivity index (χ0v) is 71.7. The number of nitrogens with zero attached hydrogens (tertiary/aromatic N) is 19. The van der Waals surface area contributed by atoms with Crippen molar-refractivity contribution in [3.63, 3.8) is 0 Å². The standard InChI is InChI=1S/C12H11ClN4O.C9H12N4O.C8H9BrN4.C8H8ClFN4.2C8H9ClN4.2C7H8ClN5.3C2H4O2/c1-8-11(18)6-12(17-15-8)16-14-7-9-4-2-3-5-10(9)13;1-14-8-5-3-2-4-7(8)6-12-13-9(10)11;9-7-4-2-1-3-6(7)5-12-13-8(10)11;9-6-2-1-3-7(10)5(6)4-13-14-8(11)12;2*9-7-4-2-1-3-6(7)5-12-13-8(10)11;2*8-6-4-11-2-1-5(6)3-12-13-7(9)10;3*1-2(3)4/h2-5,7H,6H2,1H3,(H,16,17);2-6H,1H3,(H4,10,11,13);1-5H,(H4,10,11,13);1-4H,(H4,11,12,14);2*1-5H,(H4,10,11,13);2*1-4H,(H4,9,10,13);3*1H3,(H,3,4)/b14-7+;12-6+;12-5+;13-4+;2*12-5+;2*12-3+;;;. The summed E-state index contributed by atoms with van der Waals surface area (Å²) in [5.74, 6) is -2.56. The van der Waals surface area contributed by atoms with E-state index in [1.54, 1.807) is 75.3 Å². The van der Waals surface area contributed by atoms with Crippen LogP contribution in [0.25, 0.3) is 0 Å². The highest BCUT2D eigenvalue weighted by atomic mass is 79.9. The molecule has 0 fully saturated rings. The van der Waals surface area contributed by atoms with E-state index in [9.17, 15) is 9.18 Å². The molecule has 42 nitrogen and oxygen atoms in total. The van der Waals surface area contributed by atoms with Crippen LogP contribution in [0.1, 0.15) is 78.6 Å². The number of nitrogens with two attached hydrogens (primary N) is 14. The van der Waals surface area contributed by atoms with Gasteiger partial charge < -0.3 is 100 Å². The Morgan fingerprint density at radius 1 is 0.407 bits per heavy atom. The zero-order chi connectivity index (χ0) is 93.0. The number of carbonyl (C=O) groups excluding carboxylic acids is 1. The first-order chi connectivity index (χ1) is 58.2. The van der Waals surface area contributed by atoms with Gasteiger partial charge in [-0.15, -0.1) is 40.8 Å². The van der Waals surface area contributed by atoms with Gasteiger partial charge in [-0.1, -0.05) is 177 Å². The number of hydrazone groups is 1. The third-order valence-electron chi connectivity index (χ3n) is 11.4. The molecule has 0 aliphatic carbocycles. The number of hydrogen-bond donors (Lipinski definition) is 18. The van der Waals surface area contributed by atoms with Crippen LogP contribution in [-0.4, -0.2) is 159 Å². The van der Waals surface area contributed by atoms with Crippen molar-refractivity contribution in [1.82, 2.24) is 15.4 Å². The van der Waals surface area contributed by atoms with Crippen molar-refractivity contribution < 1.29 is 43.6 Å². The molecule has 652 valence electrons. The van der Waals surface area contributed by atoms with Crippen molar-refractivity contribution in [3.05, 3.63) is 261 Å². The molecule has 123 heavy (non-hydrogen) atoms. The Labute approximate surface area is 741 Å². The third kappa shape index (κ3) is 61.1. The SMILES string of the molecule is CC(=O)O.CC(=O)O.CC(=O)O.CC1=NN=C(N/N=C/c2ccccc2Cl)CC1=O.COc1ccccc1/C=N/N=C(N)N.NC(N)=N/N=C/c1c(F)cccc1Cl.NC(N)=N/N=C/c1ccccc1Br.NC(N)=N/N=C/c1ccccc1Cl.NC(N)=N/N=C/c1ccccc1Cl.NC(N)=N/N=C/c1ccncc1Cl.NC(N)=N/N=C/c1ccncc1Cl. The van der Waals surface area contributed by atoms with Gasteiger partial charge >= 0.3 is 0 Å². The lowest BCUT2D eigenvalue weighted by atomic mass is 10.2. The van der Waals surface area contributed by atoms with E-state index in [1.165, 1.54) is 55.6 Å². The molecule has 8 aromatic rings. The molecule has 1 aliphatic rings. The lowest BCUT2D eigenvalue weighted by molar-refractivity contribution is -0.135. The summed E-state index contributed by atoms with van der Waals surface area (Å²) in [5, 5.41) is 86.2. The second kappa shape index (κ2) is 67.0. The molecule has 0 atom stereocenters. The molecule has 0 saturated carbocycles. The van der Waals surface area contributed by atoms with Crippen LogP contribution < -0.4 is 90.4 Å². The molecule has 1 aliphatic heterocycles. The minimum absolute atomic E-state index is 0.0525. The topological polar surface area (TPSA) is 750 Å². The first kappa shape index (κ1) is 110. The van der Waals surface area contributed by atoms with E-state index < -0.39 is 23.7 Å². The highest BCUT2D eigenvalue weighted by Gasteiger charge is 2.15. The molecule has 50 heteroatoms. The number of rotatable bonds is 17. The normalized spacial score (nSPS) is 10.6. The van der Waals surface area contributed by atoms with Crippen LogP contribution in [0.2, 0.25) is 30.1 Å². The number of nitrogens with one attached hydrogen (secondary N) is 1. The molecule has 0 spiro atoms. The van der Waals surface area contributed by atoms with Gasteiger partial charge in [-0.05, 0) is 67.6 Å². The van der Waals surface area contributed by atoms with Gasteiger partial charge in [0, 0.05) is 110 Å². The van der Waals surface area contributed by atoms with Gasteiger partial charge in [0.2, 0.25) is 41.7 Å². The van der Waals surface area contributed by atoms with E-state index in [-0.39, 0.29) is 64.5 Å². The lowest BCUT2D eigenvalue weighted by Gasteiger charge is -2.07. The molecule has 9 rings (SSSR count). The molecule has 3 heterocycles. The largest absolute Gasteiger partial charge is 0.496 e. The molecule has 32 N–H and O–H groups in total. The summed E-state index contributed by atoms with van der Waals surface area (Å²) in [4.78, 5) is 46.0. The number of halogens is 8. The highest BCUT2D eigenvalue weighted by Crippen LogP contribution is 2.19. The van der Waals surface area contributed by atoms with Crippen molar-refractivity contribution >= 4 is 212 Å². The minimum atomic E-state index is -0.833. The summed E-state index contributed by atoms with van der Waals surface area (Å²) in [7, 11) is 1.59. The van der Waals surface area contributed by atoms with E-state index in [0.717, 1.165) is 65.0 Å². The number of amidine groups is 1. The quantitative estimate of drug-likeness (QED) is 0.0241. The number of carboxylic acids is 3. The first-order valence-corrected chi connectivity index (χ1v) is 36.4. The number of carbonyl (C=O) groups is 4. The number of aliphatic carboxylic acids is 3. The monoisotopic (exact) mass is 1870 g/mol. The maximum atomic E-state index is 13.1. The van der Waals surface area contributed by atoms with Crippen LogP contribution in [-0.2, 0) is 19.2 Å². The lowest BCUT2D eigenvalue weighted by Crippen LogP contribution is -2.27. The number of carboxylic acid groups (broad SMARTS) is 3. The van der Waals surface area contributed by atoms with Gasteiger partial charge in [-0.2, -0.15) is 45.9 Å². The van der Waals surface area contributed by atoms with E-state index in [2.05, 4.69) is 118 Å². The molecule has 0 amide bonds. The Kier molecular flexibility index (Phi) is 60.0. The Morgan fingerprint density at radius 2 is 0.699 bits per heavy atom. The first-order valence-electron chi connectivity index (χ1n) is 33.3. The molecular weight excluding hydrogens is 1790 g/mol. The van der Waals surface area contributed by atoms with Crippen LogP contribution in [0, 0.1) is 5.82 Å². The fourth-order valence-corrected chi connectivity index (χ4v) is 8.04. The van der Waals surface area contributed by atoms with Crippen molar-refractivity contribution in [3.8, 4) is 5.75 Å². The Hall–Kier alpha value is -15.0. The summed E-state index contributed by atoms with van der Waals surface area (Å²) in [6.45, 7) is 4.88. The molecule has 0 bridgehead atoms. The van der Waals surface area contributed by atoms with Crippen LogP contribution in [0.4, 0.5) is 4.39 Å². The highest BCUT2D eigenvalue weighted by molar-refractivity contribution is 9.10. The molecular formula is C73H86BrCl6FN34O8. The van der Waals surface area contributed by atoms with E-state index in [1.807, 2.05) is 103 Å². The number of hydrogen-bond acceptors (Lipinski definition) is 25. The number of methoxy groups -OCH3 is 1. The van der Waals surface area contributed by atoms with Gasteiger partial charge in [0.05, 0.1) is 78.3 Å². The number of benzene rings is 6. The maximum absolute atomic E-state index is 13.1. The summed E-state index contributed by atoms with van der Waals surface area (Å²) in [6.07, 6.45) is 18.1. The summed E-state index contributed by atoms with van der Waals surface area (Å²) >= 11 is 38.3. The van der Waals surface area contributed by atoms with Gasteiger partial charge in [-0.3, -0.25) is 34.6 Å². The summed E-state index contributed by atoms with van der Waals surface area (Å²) in [5.41, 5.74) is 79.7. The van der Waals surface area contributed by atoms with Gasteiger partial charge in [-0.25, -0.2) is 4.39 Å². The minimum Gasteiger partial charge on any atom is -0.496 e. The van der Waals surface area contributed by atoms with Crippen LogP contribution >= 0.6 is 85.5 Å². The second-order valence-electron chi connectivity index (χ2n) is 21.4. The molecule has 6 aromatic carbocycles. The summed E-state index contributed by atoms with van der Waals surface area (Å²) in [6, 6.07) is 44.6. The van der Waals surface area contributed by atoms with Crippen LogP contribution in [0.3, 0.4) is 0 Å². The third-order valence-corrected chi connectivity index (χ3v) is 14.1. The number of guanidine groups is 7. The molecule has 0 radical (unpaired) electrons. The van der Waals surface area contributed by atoms with Crippen molar-refractivity contribution in [2.75, 3.05) is 7.11 Å². The average molecular weight is 1880 g/mol. The number of para-hydroxylation sites is 1. The van der Waals surface area contributed by atoms with Gasteiger partial charge in [0.25, 0.3) is 17.9 Å². The zero-order valence-electron chi connectivity index (χ0n) is 65.6. The fourth-order valence-electron chi connectivity index (χ4n) is 6.55. The van der Waals surface area contributed by atoms with E-state index >= 15 is 0 Å². The van der Waals surface area contributed by atoms with Crippen LogP contribution in [0.15, 0.2) is 268 Å². The van der Waals surface area contributed by atoms with Crippen LogP contribution in [0.5, 0.6) is 5.75 Å². The Bertz CT molecular complexity index is 4710. The Morgan fingerprint density at radius 3 is 1.02 bits per heavy atom. The summed E-state index contributed by atoms with van der Waals surface area (Å²) < 4.78 is 19.1. The fraction of sp³-hybridized carbons (Fsp3) is 0.0822. The number of ketones is 1. The number of aromatic nitrogens is 2. The van der Waals surface area contributed by atoms with E-state index in [0.29, 0.717) is 47.8 Å². The number of Topliss-reactive ketones (excluding diaryl/α,β-unsaturated/α-hetero) is 1. The van der Waals surface area contributed by atoms with Crippen molar-refractivity contribution in [2.45, 2.75) is 34.1 Å². The number of ether oxygens (including phenoxy) is 1. The molecule has 2 aromatic heterocycles. The van der Waals surface area contributed by atoms with Gasteiger partial charge in [0.15, 0.2) is 11.6 Å².